The molecule has 6 heteroatoms. The van der Waals surface area contributed by atoms with Gasteiger partial charge in [0.1, 0.15) is 22.3 Å². The van der Waals surface area contributed by atoms with Gasteiger partial charge in [0, 0.05) is 88.3 Å². The van der Waals surface area contributed by atoms with Crippen molar-refractivity contribution in [1.29, 1.82) is 0 Å². The molecule has 6 nitrogen and oxygen atoms in total. The highest BCUT2D eigenvalue weighted by molar-refractivity contribution is 6.16. The van der Waals surface area contributed by atoms with E-state index in [2.05, 4.69) is 395 Å². The molecule has 17 aromatic carbocycles. The number of hydrogen-bond donors (Lipinski definition) is 0. The van der Waals surface area contributed by atoms with Crippen molar-refractivity contribution in [3.05, 3.63) is 400 Å². The Morgan fingerprint density at radius 2 is 0.538 bits per heavy atom. The van der Waals surface area contributed by atoms with Gasteiger partial charge >= 0.3 is 0 Å². The number of hydrogen-bond acceptors (Lipinski definition) is 4. The lowest BCUT2D eigenvalue weighted by Crippen LogP contribution is -2.11. The van der Waals surface area contributed by atoms with Crippen molar-refractivity contribution < 1.29 is 8.83 Å². The number of furan rings is 2. The first kappa shape index (κ1) is 61.7. The Balaban J connectivity index is 0.000000141. The SMILES string of the molecule is c1ccc(-c2ccc(N(c3ccc4oc5ccccc5c4c3)c3cc4c(cc3-c3ccccc3)c3ccccc3n4-c3ccc4ccccc4c3)cc2)cc1.c1ccc(-c2ccc(N(c3ccc4oc5ccccc5c4c3)c3cc4c(cc3-c3ccccc3)c3ccccc3n4-c3ccccc3)cc2)cc1. The average molecular weight is 1360 g/mol. The van der Waals surface area contributed by atoms with Gasteiger partial charge in [-0.2, -0.15) is 0 Å². The van der Waals surface area contributed by atoms with Crippen molar-refractivity contribution in [1.82, 2.24) is 9.13 Å². The number of rotatable bonds is 12. The second-order valence-corrected chi connectivity index (χ2v) is 27.1. The second-order valence-electron chi connectivity index (χ2n) is 27.1. The highest BCUT2D eigenvalue weighted by atomic mass is 16.3. The molecule has 498 valence electrons. The molecule has 21 aromatic rings. The van der Waals surface area contributed by atoms with E-state index in [9.17, 15) is 0 Å². The molecular weight excluding hydrogens is 1290 g/mol. The Morgan fingerprint density at radius 3 is 1.00 bits per heavy atom. The Kier molecular flexibility index (Phi) is 15.1. The average Bonchev–Trinajstić information content (AvgIpc) is 1.55. The summed E-state index contributed by atoms with van der Waals surface area (Å²) in [5.41, 5.74) is 26.2. The Labute approximate surface area is 612 Å². The van der Waals surface area contributed by atoms with Gasteiger partial charge in [-0.25, -0.2) is 0 Å². The highest BCUT2D eigenvalue weighted by Gasteiger charge is 2.26. The summed E-state index contributed by atoms with van der Waals surface area (Å²) in [6, 6.07) is 143. The summed E-state index contributed by atoms with van der Waals surface area (Å²) in [6.45, 7) is 0. The normalized spacial score (nSPS) is 11.6. The fraction of sp³-hybridized carbons (Fsp3) is 0. The van der Waals surface area contributed by atoms with Crippen LogP contribution in [0.4, 0.5) is 34.1 Å². The van der Waals surface area contributed by atoms with E-state index >= 15 is 0 Å². The Hall–Kier alpha value is -14.2. The van der Waals surface area contributed by atoms with Crippen LogP contribution in [-0.2, 0) is 0 Å². The molecule has 4 aromatic heterocycles. The molecule has 4 heterocycles. The summed E-state index contributed by atoms with van der Waals surface area (Å²) in [6.07, 6.45) is 0. The molecule has 0 saturated heterocycles. The smallest absolute Gasteiger partial charge is 0.135 e. The minimum Gasteiger partial charge on any atom is -0.456 e. The van der Waals surface area contributed by atoms with Crippen molar-refractivity contribution in [2.24, 2.45) is 0 Å². The molecule has 21 rings (SSSR count). The summed E-state index contributed by atoms with van der Waals surface area (Å²) in [5, 5.41) is 11.7. The molecule has 0 aliphatic heterocycles. The van der Waals surface area contributed by atoms with E-state index in [4.69, 9.17) is 8.83 Å². The molecule has 0 saturated carbocycles. The van der Waals surface area contributed by atoms with E-state index in [1.165, 1.54) is 65.6 Å². The van der Waals surface area contributed by atoms with Crippen LogP contribution in [0, 0.1) is 0 Å². The monoisotopic (exact) mass is 1350 g/mol. The fourth-order valence-corrected chi connectivity index (χ4v) is 16.0. The third-order valence-electron chi connectivity index (χ3n) is 20.9. The van der Waals surface area contributed by atoms with Crippen LogP contribution in [-0.4, -0.2) is 9.13 Å². The summed E-state index contributed by atoms with van der Waals surface area (Å²) in [5.74, 6) is 0. The zero-order valence-electron chi connectivity index (χ0n) is 57.7. The largest absolute Gasteiger partial charge is 0.456 e. The van der Waals surface area contributed by atoms with Gasteiger partial charge in [0.05, 0.1) is 33.4 Å². The second kappa shape index (κ2) is 26.0. The van der Waals surface area contributed by atoms with Crippen LogP contribution >= 0.6 is 0 Å². The van der Waals surface area contributed by atoms with E-state index in [0.29, 0.717) is 0 Å². The summed E-state index contributed by atoms with van der Waals surface area (Å²) < 4.78 is 17.4. The van der Waals surface area contributed by atoms with Crippen molar-refractivity contribution in [2.75, 3.05) is 9.80 Å². The van der Waals surface area contributed by atoms with Crippen molar-refractivity contribution in [2.45, 2.75) is 0 Å². The number of para-hydroxylation sites is 5. The Bertz CT molecular complexity index is 6860. The van der Waals surface area contributed by atoms with Crippen molar-refractivity contribution >= 4 is 132 Å². The lowest BCUT2D eigenvalue weighted by atomic mass is 9.98. The molecule has 0 aliphatic carbocycles. The first-order valence-corrected chi connectivity index (χ1v) is 36.1. The molecule has 0 radical (unpaired) electrons. The van der Waals surface area contributed by atoms with Gasteiger partial charge in [-0.05, 0) is 178 Å². The zero-order chi connectivity index (χ0) is 70.0. The lowest BCUT2D eigenvalue weighted by molar-refractivity contribution is 0.668. The molecule has 0 atom stereocenters. The standard InChI is InChI=1S/C52H34N2O.C48H32N2O/c1-3-13-35(14-4-1)37-23-26-40(27-24-37)53(42-29-30-52-47(32-42)44-20-10-12-22-51(44)55-52)49-34-50-46(33-45(49)38-16-5-2-6-17-38)43-19-9-11-21-48(43)54(50)41-28-25-36-15-7-8-18-39(36)31-41;1-4-14-33(15-5-1)34-24-26-37(27-25-34)49(38-28-29-48-43(30-38)40-21-11-13-23-47(40)51-48)45-32-46-42(31-41(45)35-16-6-2-7-17-35)39-20-10-12-22-44(39)50(46)36-18-8-3-9-19-36/h1-34H;1-32H. The number of benzene rings is 17. The minimum absolute atomic E-state index is 0.875. The fourth-order valence-electron chi connectivity index (χ4n) is 16.0. The molecule has 106 heavy (non-hydrogen) atoms. The molecule has 0 N–H and O–H groups in total. The van der Waals surface area contributed by atoms with Crippen LogP contribution in [0.3, 0.4) is 0 Å². The summed E-state index contributed by atoms with van der Waals surface area (Å²) in [4.78, 5) is 4.82. The van der Waals surface area contributed by atoms with Crippen LogP contribution in [0.5, 0.6) is 0 Å². The number of nitrogens with zero attached hydrogens (tertiary/aromatic N) is 4. The van der Waals surface area contributed by atoms with E-state index in [1.54, 1.807) is 0 Å². The predicted octanol–water partition coefficient (Wildman–Crippen LogP) is 28.1. The van der Waals surface area contributed by atoms with Crippen LogP contribution in [0.25, 0.3) is 154 Å². The van der Waals surface area contributed by atoms with Gasteiger partial charge in [-0.1, -0.05) is 267 Å². The van der Waals surface area contributed by atoms with Crippen LogP contribution in [0.2, 0.25) is 0 Å². The van der Waals surface area contributed by atoms with Crippen LogP contribution in [0.15, 0.2) is 409 Å². The van der Waals surface area contributed by atoms with E-state index in [1.807, 2.05) is 24.3 Å². The van der Waals surface area contributed by atoms with E-state index in [-0.39, 0.29) is 0 Å². The number of anilines is 6. The number of fused-ring (bicyclic) bond motifs is 13. The molecule has 0 spiro atoms. The van der Waals surface area contributed by atoms with E-state index in [0.717, 1.165) is 123 Å². The van der Waals surface area contributed by atoms with Crippen molar-refractivity contribution in [3.63, 3.8) is 0 Å². The topological polar surface area (TPSA) is 42.6 Å². The summed E-state index contributed by atoms with van der Waals surface area (Å²) in [7, 11) is 0. The zero-order valence-corrected chi connectivity index (χ0v) is 57.7. The van der Waals surface area contributed by atoms with Gasteiger partial charge in [0.2, 0.25) is 0 Å². The lowest BCUT2D eigenvalue weighted by Gasteiger charge is -2.28. The van der Waals surface area contributed by atoms with Gasteiger partial charge in [-0.3, -0.25) is 0 Å². The third-order valence-corrected chi connectivity index (χ3v) is 20.9. The minimum atomic E-state index is 0.875. The maximum atomic E-state index is 6.32. The first-order chi connectivity index (χ1) is 52.6. The summed E-state index contributed by atoms with van der Waals surface area (Å²) >= 11 is 0. The van der Waals surface area contributed by atoms with Gasteiger partial charge in [0.25, 0.3) is 0 Å². The van der Waals surface area contributed by atoms with Crippen LogP contribution < -0.4 is 9.80 Å². The third kappa shape index (κ3) is 10.8. The van der Waals surface area contributed by atoms with Gasteiger partial charge < -0.3 is 27.8 Å². The van der Waals surface area contributed by atoms with Gasteiger partial charge in [-0.15, -0.1) is 0 Å². The first-order valence-electron chi connectivity index (χ1n) is 36.1. The molecule has 0 bridgehead atoms. The number of aromatic nitrogens is 2. The predicted molar refractivity (Wildman–Crippen MR) is 445 cm³/mol. The van der Waals surface area contributed by atoms with E-state index < -0.39 is 0 Å². The molecule has 0 fully saturated rings. The molecule has 0 unspecified atom stereocenters. The quantitative estimate of drug-likeness (QED) is 0.122. The maximum absolute atomic E-state index is 6.32. The van der Waals surface area contributed by atoms with Crippen molar-refractivity contribution in [3.8, 4) is 55.9 Å². The maximum Gasteiger partial charge on any atom is 0.135 e. The molecule has 0 amide bonds. The Morgan fingerprint density at radius 1 is 0.189 bits per heavy atom. The van der Waals surface area contributed by atoms with Gasteiger partial charge in [0.15, 0.2) is 0 Å². The van der Waals surface area contributed by atoms with Crippen LogP contribution in [0.1, 0.15) is 0 Å². The molecule has 0 aliphatic rings. The highest BCUT2D eigenvalue weighted by Crippen LogP contribution is 2.50. The molecular formula is C100H66N4O2.